The molecule has 6 atom stereocenters. The summed E-state index contributed by atoms with van der Waals surface area (Å²) in [7, 11) is 3.00. The molecular weight excluding hydrogens is 887 g/mol. The zero-order chi connectivity index (χ0) is 52.6. The van der Waals surface area contributed by atoms with E-state index in [2.05, 4.69) is 93.0 Å². The molecule has 0 saturated heterocycles. The number of aryl methyl sites for hydroxylation is 5. The van der Waals surface area contributed by atoms with E-state index < -0.39 is 11.9 Å². The Kier molecular flexibility index (Phi) is 34.3. The van der Waals surface area contributed by atoms with Crippen LogP contribution in [0.3, 0.4) is 0 Å². The Morgan fingerprint density at radius 3 is 1.34 bits per heavy atom. The highest BCUT2D eigenvalue weighted by molar-refractivity contribution is 5.96. The number of hydrogen-bond donors (Lipinski definition) is 1. The lowest BCUT2D eigenvalue weighted by Gasteiger charge is -2.20. The van der Waals surface area contributed by atoms with Crippen LogP contribution in [0, 0.1) is 43.9 Å². The summed E-state index contributed by atoms with van der Waals surface area (Å²) >= 11 is 0. The quantitative estimate of drug-likeness (QED) is 0.0598. The molecule has 0 spiro atoms. The van der Waals surface area contributed by atoms with Crippen LogP contribution in [0.25, 0.3) is 0 Å². The summed E-state index contributed by atoms with van der Waals surface area (Å²) in [4.78, 5) is 68.5. The van der Waals surface area contributed by atoms with Crippen LogP contribution in [-0.2, 0) is 63.9 Å². The van der Waals surface area contributed by atoms with Crippen LogP contribution in [-0.4, -0.2) is 67.3 Å². The minimum atomic E-state index is -0.673. The minimum absolute atomic E-state index is 0. The summed E-state index contributed by atoms with van der Waals surface area (Å²) in [6.07, 6.45) is 18.3. The van der Waals surface area contributed by atoms with Crippen LogP contribution in [0.15, 0.2) is 103 Å². The second-order valence-electron chi connectivity index (χ2n) is 18.3. The van der Waals surface area contributed by atoms with Crippen molar-refractivity contribution in [2.45, 2.75) is 170 Å². The zero-order valence-electron chi connectivity index (χ0n) is 44.0. The van der Waals surface area contributed by atoms with E-state index in [0.29, 0.717) is 24.4 Å². The van der Waals surface area contributed by atoms with Gasteiger partial charge in [0.25, 0.3) is 5.91 Å². The van der Waals surface area contributed by atoms with Crippen molar-refractivity contribution in [2.75, 3.05) is 14.2 Å². The lowest BCUT2D eigenvalue weighted by molar-refractivity contribution is -0.129. The average molecular weight is 983 g/mol. The Labute approximate surface area is 435 Å². The van der Waals surface area contributed by atoms with Gasteiger partial charge >= 0.3 is 0 Å². The van der Waals surface area contributed by atoms with E-state index in [1.807, 2.05) is 24.1 Å². The Morgan fingerprint density at radius 1 is 0.662 bits per heavy atom. The number of carbonyl (C=O) groups excluding carboxylic acids is 6. The summed E-state index contributed by atoms with van der Waals surface area (Å²) in [5.41, 5.74) is 8.87. The first-order valence-electron chi connectivity index (χ1n) is 25.0. The molecule has 2 aliphatic carbocycles. The molecule has 9 nitrogen and oxygen atoms in total. The highest BCUT2D eigenvalue weighted by Crippen LogP contribution is 2.32. The van der Waals surface area contributed by atoms with Crippen molar-refractivity contribution in [3.63, 3.8) is 0 Å². The number of terminal acetylenes is 1. The molecule has 3 aromatic rings. The van der Waals surface area contributed by atoms with E-state index in [-0.39, 0.29) is 66.9 Å². The molecular formula is C62H96NO8. The highest BCUT2D eigenvalue weighted by atomic mass is 16.5. The van der Waals surface area contributed by atoms with Gasteiger partial charge in [0.05, 0.1) is 18.1 Å². The largest absolute Gasteiger partial charge is 0.381 e. The molecule has 0 aromatic heterocycles. The number of unbranched alkanes of at least 4 members (excludes halogenated alkanes) is 1. The third kappa shape index (κ3) is 26.5. The molecule has 3 aromatic carbocycles. The van der Waals surface area contributed by atoms with E-state index in [9.17, 15) is 28.8 Å². The highest BCUT2D eigenvalue weighted by Gasteiger charge is 2.27. The van der Waals surface area contributed by atoms with Crippen molar-refractivity contribution >= 4 is 34.8 Å². The number of ketones is 5. The normalized spacial score (nSPS) is 16.1. The van der Waals surface area contributed by atoms with E-state index in [4.69, 9.17) is 15.9 Å². The molecule has 1 N–H and O–H groups in total. The number of allylic oxidation sites excluding steroid dienone is 2. The molecule has 2 fully saturated rings. The molecule has 1 amide bonds. The van der Waals surface area contributed by atoms with E-state index >= 15 is 0 Å². The first kappa shape index (κ1) is 65.4. The molecule has 397 valence electrons. The molecule has 0 heterocycles. The fourth-order valence-electron chi connectivity index (χ4n) is 8.40. The third-order valence-corrected chi connectivity index (χ3v) is 12.9. The number of ether oxygens (including phenoxy) is 2. The predicted octanol–water partition coefficient (Wildman–Crippen LogP) is 13.4. The lowest BCUT2D eigenvalue weighted by Crippen LogP contribution is -2.47. The van der Waals surface area contributed by atoms with Crippen LogP contribution in [0.1, 0.15) is 153 Å². The number of Topliss-reactive ketones (excluding diaryl/α,β-unsaturated/α-hetero) is 5. The van der Waals surface area contributed by atoms with Crippen LogP contribution in [0.4, 0.5) is 0 Å². The fourth-order valence-corrected chi connectivity index (χ4v) is 8.40. The Hall–Kier alpha value is -5.56. The molecule has 9 heteroatoms. The summed E-state index contributed by atoms with van der Waals surface area (Å²) in [5, 5.41) is 2.37. The number of benzene rings is 3. The smallest absolute Gasteiger partial charge is 0.296 e. The Bertz CT molecular complexity index is 2050. The summed E-state index contributed by atoms with van der Waals surface area (Å²) in [6, 6.07) is 27.3. The number of carbonyl (C=O) groups is 6. The second-order valence-corrected chi connectivity index (χ2v) is 18.3. The first-order chi connectivity index (χ1) is 33.4. The number of rotatable bonds is 22. The maximum Gasteiger partial charge on any atom is 0.296 e. The van der Waals surface area contributed by atoms with Gasteiger partial charge in [0.2, 0.25) is 0 Å². The monoisotopic (exact) mass is 983 g/mol. The summed E-state index contributed by atoms with van der Waals surface area (Å²) in [5.74, 6) is 1.82. The molecule has 1 radical (unpaired) electrons. The third-order valence-electron chi connectivity index (χ3n) is 12.9. The van der Waals surface area contributed by atoms with Crippen molar-refractivity contribution in [3.8, 4) is 12.3 Å². The first-order valence-corrected chi connectivity index (χ1v) is 25.0. The van der Waals surface area contributed by atoms with Crippen LogP contribution < -0.4 is 5.32 Å². The second kappa shape index (κ2) is 37.3. The van der Waals surface area contributed by atoms with Gasteiger partial charge in [0, 0.05) is 51.0 Å². The van der Waals surface area contributed by atoms with E-state index in [1.165, 1.54) is 68.5 Å². The van der Waals surface area contributed by atoms with Crippen LogP contribution >= 0.6 is 0 Å². The topological polar surface area (TPSA) is 133 Å². The molecule has 5 rings (SSSR count). The standard InChI is InChI=1S/C34H42O2.C9H13NO3.C9H16O3.C7H8.C2H5.CH4.4H2/c1-25-7-5-11-31(25)33(35)23-21-29-17-13-27(14-18-29)9-3-4-10-28-15-19-30(20-16-28)22-24-34(36)32-12-6-8-26(32)2;1-5-8(12)10-9(6(2)11)7(3)13-4;1-6(10)5-9(7(2)11)8(3)12-4;1-7-5-3-2-4-6-7;1-2;;;;;/h13-20,31-32H,1-12,21-24H2;1,7,9H,2-4H3,(H,10,12);8-9H,5H2,1-4H3;2-6H,1H3;1H2,2H3;1H4;4*1H/t31-,32-;7-,9-;8-,9-;;;;;;;/m111......./s1. The molecule has 0 aliphatic heterocycles. The van der Waals surface area contributed by atoms with Crippen LogP contribution in [0.5, 0.6) is 0 Å². The number of nitrogens with one attached hydrogen (secondary N) is 1. The minimum Gasteiger partial charge on any atom is -0.381 e. The summed E-state index contributed by atoms with van der Waals surface area (Å²) < 4.78 is 9.92. The van der Waals surface area contributed by atoms with Crippen LogP contribution in [0.2, 0.25) is 0 Å². The molecule has 2 saturated carbocycles. The Balaban J connectivity index is -0.000000346. The zero-order valence-corrected chi connectivity index (χ0v) is 44.0. The van der Waals surface area contributed by atoms with Crippen molar-refractivity contribution in [1.82, 2.24) is 5.32 Å². The van der Waals surface area contributed by atoms with Gasteiger partial charge in [-0.1, -0.05) is 130 Å². The van der Waals surface area contributed by atoms with Gasteiger partial charge in [-0.05, 0) is 147 Å². The van der Waals surface area contributed by atoms with Gasteiger partial charge in [-0.15, -0.1) is 6.42 Å². The number of methoxy groups -OCH3 is 2. The van der Waals surface area contributed by atoms with Crippen molar-refractivity contribution in [3.05, 3.63) is 138 Å². The van der Waals surface area contributed by atoms with Gasteiger partial charge in [0.15, 0.2) is 5.78 Å². The molecule has 2 aliphatic rings. The number of hydrogen-bond acceptors (Lipinski definition) is 8. The van der Waals surface area contributed by atoms with Gasteiger partial charge < -0.3 is 19.6 Å². The van der Waals surface area contributed by atoms with Crippen molar-refractivity contribution < 1.29 is 43.9 Å². The number of amides is 1. The van der Waals surface area contributed by atoms with Gasteiger partial charge in [-0.25, -0.2) is 0 Å². The van der Waals surface area contributed by atoms with Gasteiger partial charge in [-0.2, -0.15) is 0 Å². The average Bonchev–Trinajstić information content (AvgIpc) is 4.01. The maximum absolute atomic E-state index is 12.4. The molecule has 0 unspecified atom stereocenters. The van der Waals surface area contributed by atoms with Gasteiger partial charge in [0.1, 0.15) is 29.2 Å². The van der Waals surface area contributed by atoms with Crippen molar-refractivity contribution in [1.29, 1.82) is 0 Å². The van der Waals surface area contributed by atoms with E-state index in [1.54, 1.807) is 27.9 Å². The SMILES string of the molecule is C.C#CC(=O)N[C@H](C(C)=O)[C@@H](C)OC.C=C1CCC[C@H]1C(=O)CCc1ccc(CCCCc2ccc(CCC(=O)[C@@H]3CCCC3=C)cc2)cc1.CO[C@H](C)[C@H](CC(C)=O)C(C)=O.Cc1ccccc1.[CH2]C.[HH].[HH].[HH].[HH]. The predicted molar refractivity (Wildman–Crippen MR) is 300 cm³/mol. The lowest BCUT2D eigenvalue weighted by atomic mass is 9.93. The summed E-state index contributed by atoms with van der Waals surface area (Å²) in [6.45, 7) is 23.1. The van der Waals surface area contributed by atoms with E-state index in [0.717, 1.165) is 75.4 Å². The maximum atomic E-state index is 12.4. The Morgan fingerprint density at radius 2 is 1.06 bits per heavy atom. The fraction of sp³-hybridized carbons (Fsp3) is 0.500. The molecule has 71 heavy (non-hydrogen) atoms. The van der Waals surface area contributed by atoms with Crippen molar-refractivity contribution in [2.24, 2.45) is 17.8 Å². The van der Waals surface area contributed by atoms with Gasteiger partial charge in [-0.3, -0.25) is 24.0 Å². The molecule has 0 bridgehead atoms.